The van der Waals surface area contributed by atoms with E-state index in [-0.39, 0.29) is 17.1 Å². The van der Waals surface area contributed by atoms with Gasteiger partial charge in [-0.15, -0.1) is 0 Å². The van der Waals surface area contributed by atoms with Gasteiger partial charge in [0.1, 0.15) is 11.3 Å². The van der Waals surface area contributed by atoms with E-state index in [4.69, 9.17) is 20.8 Å². The third-order valence-electron chi connectivity index (χ3n) is 6.97. The number of halogens is 1. The highest BCUT2D eigenvalue weighted by Crippen LogP contribution is 2.39. The molecule has 184 valence electrons. The number of rotatable bonds is 6. The van der Waals surface area contributed by atoms with Crippen molar-refractivity contribution in [3.63, 3.8) is 0 Å². The number of carbonyl (C=O) groups is 1. The third kappa shape index (κ3) is 4.18. The van der Waals surface area contributed by atoms with Crippen molar-refractivity contribution in [1.82, 2.24) is 4.90 Å². The maximum atomic E-state index is 13.8. The lowest BCUT2D eigenvalue weighted by atomic mass is 9.95. The molecule has 2 heterocycles. The average molecular weight is 502 g/mol. The molecule has 0 fully saturated rings. The summed E-state index contributed by atoms with van der Waals surface area (Å²) in [7, 11) is 1.63. The second-order valence-corrected chi connectivity index (χ2v) is 10.00. The maximum Gasteiger partial charge on any atom is 0.290 e. The Hall–Kier alpha value is -3.57. The number of fused-ring (bicyclic) bond motifs is 2. The van der Waals surface area contributed by atoms with Crippen LogP contribution in [0.15, 0.2) is 69.9 Å². The molecule has 1 aromatic heterocycles. The van der Waals surface area contributed by atoms with Gasteiger partial charge < -0.3 is 14.1 Å². The van der Waals surface area contributed by atoms with Crippen molar-refractivity contribution < 1.29 is 13.9 Å². The second kappa shape index (κ2) is 9.47. The maximum absolute atomic E-state index is 13.8. The van der Waals surface area contributed by atoms with E-state index in [2.05, 4.69) is 26.0 Å². The molecule has 4 aromatic rings. The van der Waals surface area contributed by atoms with Gasteiger partial charge in [-0.2, -0.15) is 0 Å². The van der Waals surface area contributed by atoms with E-state index in [1.165, 1.54) is 5.56 Å². The van der Waals surface area contributed by atoms with Crippen LogP contribution in [-0.2, 0) is 6.42 Å². The Morgan fingerprint density at radius 1 is 1.03 bits per heavy atom. The van der Waals surface area contributed by atoms with E-state index in [1.54, 1.807) is 24.1 Å². The third-order valence-corrected chi connectivity index (χ3v) is 7.37. The SMILES string of the molecule is COc1ccc(CCN2C(=O)c3oc4cc(C)c(Cl)cc4c(=O)c3[C@@H]2c2ccc(C(C)C)cc2)cc1. The smallest absolute Gasteiger partial charge is 0.290 e. The van der Waals surface area contributed by atoms with E-state index in [0.29, 0.717) is 40.4 Å². The summed E-state index contributed by atoms with van der Waals surface area (Å²) in [5, 5.41) is 0.881. The minimum absolute atomic E-state index is 0.113. The highest BCUT2D eigenvalue weighted by atomic mass is 35.5. The number of amides is 1. The molecule has 1 aliphatic rings. The Labute approximate surface area is 215 Å². The fraction of sp³-hybridized carbons (Fsp3) is 0.267. The van der Waals surface area contributed by atoms with Crippen molar-refractivity contribution in [2.45, 2.75) is 39.2 Å². The molecular formula is C30H28ClNO4. The molecule has 0 unspecified atom stereocenters. The Kier molecular flexibility index (Phi) is 6.35. The molecule has 1 amide bonds. The van der Waals surface area contributed by atoms with Crippen LogP contribution in [0.25, 0.3) is 11.0 Å². The van der Waals surface area contributed by atoms with Crippen LogP contribution in [0.4, 0.5) is 0 Å². The van der Waals surface area contributed by atoms with Crippen LogP contribution in [0, 0.1) is 6.92 Å². The summed E-state index contributed by atoms with van der Waals surface area (Å²) in [6.07, 6.45) is 0.628. The molecule has 0 saturated carbocycles. The van der Waals surface area contributed by atoms with Crippen molar-refractivity contribution in [1.29, 1.82) is 0 Å². The predicted molar refractivity (Wildman–Crippen MR) is 142 cm³/mol. The molecule has 5 rings (SSSR count). The van der Waals surface area contributed by atoms with Crippen LogP contribution in [0.2, 0.25) is 5.02 Å². The highest BCUT2D eigenvalue weighted by Gasteiger charge is 2.42. The molecule has 0 aliphatic carbocycles. The Morgan fingerprint density at radius 2 is 1.72 bits per heavy atom. The van der Waals surface area contributed by atoms with Gasteiger partial charge in [-0.1, -0.05) is 61.8 Å². The lowest BCUT2D eigenvalue weighted by Gasteiger charge is -2.25. The van der Waals surface area contributed by atoms with Gasteiger partial charge in [0.25, 0.3) is 5.91 Å². The standard InChI is InChI=1S/C30H28ClNO4/c1-17(2)20-7-9-21(10-8-20)27-26-28(33)23-16-24(31)18(3)15-25(23)36-29(26)30(34)32(27)14-13-19-5-11-22(35-4)12-6-19/h5-12,15-17,27H,13-14H2,1-4H3/t27-/m0/s1. The molecule has 0 saturated heterocycles. The zero-order chi connectivity index (χ0) is 25.6. The molecule has 1 atom stereocenters. The van der Waals surface area contributed by atoms with E-state index in [9.17, 15) is 9.59 Å². The summed E-state index contributed by atoms with van der Waals surface area (Å²) in [6, 6.07) is 18.8. The fourth-order valence-electron chi connectivity index (χ4n) is 4.82. The van der Waals surface area contributed by atoms with Crippen LogP contribution in [0.5, 0.6) is 5.75 Å². The van der Waals surface area contributed by atoms with Gasteiger partial charge >= 0.3 is 0 Å². The molecule has 0 radical (unpaired) electrons. The van der Waals surface area contributed by atoms with Gasteiger partial charge in [-0.25, -0.2) is 0 Å². The molecule has 6 heteroatoms. The van der Waals surface area contributed by atoms with Gasteiger partial charge in [0.2, 0.25) is 5.76 Å². The first kappa shape index (κ1) is 24.1. The number of benzene rings is 3. The summed E-state index contributed by atoms with van der Waals surface area (Å²) in [4.78, 5) is 29.2. The second-order valence-electron chi connectivity index (χ2n) is 9.59. The van der Waals surface area contributed by atoms with Crippen LogP contribution < -0.4 is 10.2 Å². The van der Waals surface area contributed by atoms with Gasteiger partial charge in [0, 0.05) is 11.6 Å². The van der Waals surface area contributed by atoms with Crippen molar-refractivity contribution >= 4 is 28.5 Å². The number of nitrogens with zero attached hydrogens (tertiary/aromatic N) is 1. The molecule has 0 N–H and O–H groups in total. The first-order valence-electron chi connectivity index (χ1n) is 12.1. The zero-order valence-corrected chi connectivity index (χ0v) is 21.6. The lowest BCUT2D eigenvalue weighted by Crippen LogP contribution is -2.31. The van der Waals surface area contributed by atoms with Crippen LogP contribution in [0.3, 0.4) is 0 Å². The van der Waals surface area contributed by atoms with Gasteiger partial charge in [0.05, 0.1) is 24.1 Å². The van der Waals surface area contributed by atoms with Crippen LogP contribution in [0.1, 0.15) is 64.2 Å². The van der Waals surface area contributed by atoms with Crippen molar-refractivity contribution in [2.24, 2.45) is 0 Å². The monoisotopic (exact) mass is 501 g/mol. The van der Waals surface area contributed by atoms with Crippen molar-refractivity contribution in [3.05, 3.63) is 109 Å². The number of methoxy groups -OCH3 is 1. The first-order valence-corrected chi connectivity index (χ1v) is 12.5. The molecule has 3 aromatic carbocycles. The van der Waals surface area contributed by atoms with E-state index < -0.39 is 6.04 Å². The molecule has 0 spiro atoms. The minimum atomic E-state index is -0.535. The summed E-state index contributed by atoms with van der Waals surface area (Å²) >= 11 is 6.34. The van der Waals surface area contributed by atoms with E-state index in [1.807, 2.05) is 43.3 Å². The molecular weight excluding hydrogens is 474 g/mol. The number of aryl methyl sites for hydroxylation is 1. The predicted octanol–water partition coefficient (Wildman–Crippen LogP) is 6.67. The zero-order valence-electron chi connectivity index (χ0n) is 20.8. The number of carbonyl (C=O) groups excluding carboxylic acids is 1. The quantitative estimate of drug-likeness (QED) is 0.296. The molecule has 1 aliphatic heterocycles. The number of hydrogen-bond acceptors (Lipinski definition) is 4. The average Bonchev–Trinajstić information content (AvgIpc) is 3.16. The number of hydrogen-bond donors (Lipinski definition) is 0. The van der Waals surface area contributed by atoms with E-state index >= 15 is 0 Å². The molecule has 36 heavy (non-hydrogen) atoms. The van der Waals surface area contributed by atoms with Crippen molar-refractivity contribution in [3.8, 4) is 5.75 Å². The summed E-state index contributed by atoms with van der Waals surface area (Å²) in [6.45, 7) is 6.55. The van der Waals surface area contributed by atoms with Gasteiger partial charge in [-0.05, 0) is 65.8 Å². The minimum Gasteiger partial charge on any atom is -0.497 e. The van der Waals surface area contributed by atoms with Crippen molar-refractivity contribution in [2.75, 3.05) is 13.7 Å². The van der Waals surface area contributed by atoms with Gasteiger partial charge in [-0.3, -0.25) is 9.59 Å². The lowest BCUT2D eigenvalue weighted by molar-refractivity contribution is 0.0730. The van der Waals surface area contributed by atoms with Crippen LogP contribution >= 0.6 is 11.6 Å². The van der Waals surface area contributed by atoms with Crippen LogP contribution in [-0.4, -0.2) is 24.5 Å². The summed E-state index contributed by atoms with van der Waals surface area (Å²) in [5.41, 5.74) is 4.47. The largest absolute Gasteiger partial charge is 0.497 e. The highest BCUT2D eigenvalue weighted by molar-refractivity contribution is 6.32. The van der Waals surface area contributed by atoms with Gasteiger partial charge in [0.15, 0.2) is 5.43 Å². The Balaban J connectivity index is 1.61. The number of ether oxygens (including phenoxy) is 1. The summed E-state index contributed by atoms with van der Waals surface area (Å²) < 4.78 is 11.3. The van der Waals surface area contributed by atoms with E-state index in [0.717, 1.165) is 22.4 Å². The summed E-state index contributed by atoms with van der Waals surface area (Å²) in [5.74, 6) is 0.994. The topological polar surface area (TPSA) is 59.8 Å². The Morgan fingerprint density at radius 3 is 2.36 bits per heavy atom. The first-order chi connectivity index (χ1) is 17.3. The molecule has 5 nitrogen and oxygen atoms in total. The Bertz CT molecular complexity index is 1500. The fourth-order valence-corrected chi connectivity index (χ4v) is 4.99. The molecule has 0 bridgehead atoms. The normalized spacial score (nSPS) is 15.1.